The lowest BCUT2D eigenvalue weighted by Crippen LogP contribution is -2.54. The number of carbonyl (C=O) groups excluding carboxylic acids is 5. The lowest BCUT2D eigenvalue weighted by molar-refractivity contribution is -0.138. The van der Waals surface area contributed by atoms with Gasteiger partial charge in [-0.3, -0.25) is 34.2 Å². The molecule has 1 saturated carbocycles. The standard InChI is InChI=1S/C44H50F3N9O7/c1-24(26-17-27(44(45,46)47)19-28(48)18-26)51-38-30-20-34(33(62-4)21-31(30)52-25(2)53-38)63-23-43(13-14-43)22-55(3)36(58)9-7-5-6-8-15-49-39-37-29(12-16-50-39)41(60)56(42(37)61)32-10-11-35(57)54-40(32)59/h12,16-21,24,32H,5-11,13-15,22-23,48H2,1-4H3,(H,49,50)(H,51,52,53)(H,54,57,59)/t24-,32?/m1/s1. The third kappa shape index (κ3) is 9.92. The van der Waals surface area contributed by atoms with Gasteiger partial charge in [-0.05, 0) is 81.8 Å². The highest BCUT2D eigenvalue weighted by atomic mass is 19.4. The number of carbonyl (C=O) groups is 5. The Balaban J connectivity index is 0.882. The van der Waals surface area contributed by atoms with Crippen molar-refractivity contribution in [1.82, 2.24) is 30.1 Å². The van der Waals surface area contributed by atoms with Crippen molar-refractivity contribution >= 4 is 57.8 Å². The molecule has 3 aliphatic rings. The number of nitrogens with zero attached hydrogens (tertiary/aromatic N) is 5. The van der Waals surface area contributed by atoms with E-state index in [4.69, 9.17) is 15.2 Å². The molecule has 0 radical (unpaired) electrons. The van der Waals surface area contributed by atoms with Crippen LogP contribution in [0.2, 0.25) is 0 Å². The van der Waals surface area contributed by atoms with E-state index in [-0.39, 0.29) is 46.8 Å². The number of unbranched alkanes of at least 4 members (excludes halogenated alkanes) is 3. The SMILES string of the molecule is COc1cc2nc(C)nc(N[C@H](C)c3cc(N)cc(C(F)(F)F)c3)c2cc1OCC1(CN(C)C(=O)CCCCCCNc2nccc3c2C(=O)N(C2CCC(=O)NC2=O)C3=O)CC1. The fourth-order valence-corrected chi connectivity index (χ4v) is 8.06. The van der Waals surface area contributed by atoms with Gasteiger partial charge in [0, 0.05) is 61.7 Å². The van der Waals surface area contributed by atoms with Crippen LogP contribution in [-0.4, -0.2) is 94.2 Å². The highest BCUT2D eigenvalue weighted by molar-refractivity contribution is 6.25. The second-order valence-electron chi connectivity index (χ2n) is 16.6. The first-order chi connectivity index (χ1) is 30.0. The number of alkyl halides is 3. The van der Waals surface area contributed by atoms with E-state index in [9.17, 15) is 37.1 Å². The fourth-order valence-electron chi connectivity index (χ4n) is 8.06. The van der Waals surface area contributed by atoms with Gasteiger partial charge in [0.15, 0.2) is 11.5 Å². The van der Waals surface area contributed by atoms with Gasteiger partial charge in [-0.1, -0.05) is 12.8 Å². The van der Waals surface area contributed by atoms with E-state index in [2.05, 4.69) is 30.9 Å². The number of nitrogens with one attached hydrogen (secondary N) is 3. The van der Waals surface area contributed by atoms with Crippen molar-refractivity contribution in [3.05, 3.63) is 70.7 Å². The summed E-state index contributed by atoms with van der Waals surface area (Å²) in [6.07, 6.45) is 2.10. The van der Waals surface area contributed by atoms with Crippen molar-refractivity contribution in [3.8, 4) is 11.5 Å². The molecular formula is C44H50F3N9O7. The number of aromatic nitrogens is 3. The largest absolute Gasteiger partial charge is 0.493 e. The molecule has 16 nitrogen and oxygen atoms in total. The third-order valence-corrected chi connectivity index (χ3v) is 11.7. The van der Waals surface area contributed by atoms with Gasteiger partial charge >= 0.3 is 6.18 Å². The molecule has 2 fully saturated rings. The van der Waals surface area contributed by atoms with Gasteiger partial charge in [0.25, 0.3) is 11.8 Å². The molecule has 5 amide bonds. The average molecular weight is 874 g/mol. The number of rotatable bonds is 18. The molecule has 5 N–H and O–H groups in total. The number of nitrogens with two attached hydrogens (primary N) is 1. The molecule has 334 valence electrons. The molecule has 2 aromatic carbocycles. The maximum absolute atomic E-state index is 13.6. The molecule has 4 heterocycles. The van der Waals surface area contributed by atoms with E-state index < -0.39 is 47.5 Å². The first-order valence-electron chi connectivity index (χ1n) is 20.9. The number of fused-ring (bicyclic) bond motifs is 2. The summed E-state index contributed by atoms with van der Waals surface area (Å²) in [4.78, 5) is 79.7. The first kappa shape index (κ1) is 44.5. The number of ether oxygens (including phenoxy) is 2. The lowest BCUT2D eigenvalue weighted by atomic mass is 10.0. The second-order valence-corrected chi connectivity index (χ2v) is 16.6. The lowest BCUT2D eigenvalue weighted by Gasteiger charge is -2.27. The van der Waals surface area contributed by atoms with Crippen molar-refractivity contribution in [1.29, 1.82) is 0 Å². The molecule has 1 unspecified atom stereocenters. The number of piperidine rings is 1. The topological polar surface area (TPSA) is 211 Å². The van der Waals surface area contributed by atoms with Crippen molar-refractivity contribution in [2.24, 2.45) is 5.41 Å². The first-order valence-corrected chi connectivity index (χ1v) is 20.9. The number of aryl methyl sites for hydroxylation is 1. The summed E-state index contributed by atoms with van der Waals surface area (Å²) in [7, 11) is 3.31. The quantitative estimate of drug-likeness (QED) is 0.0499. The molecule has 19 heteroatoms. The van der Waals surface area contributed by atoms with Crippen molar-refractivity contribution < 1.29 is 46.6 Å². The monoisotopic (exact) mass is 873 g/mol. The molecule has 0 spiro atoms. The molecule has 2 aliphatic heterocycles. The van der Waals surface area contributed by atoms with Gasteiger partial charge in [0.05, 0.1) is 42.0 Å². The predicted molar refractivity (Wildman–Crippen MR) is 226 cm³/mol. The Labute approximate surface area is 361 Å². The maximum atomic E-state index is 13.6. The van der Waals surface area contributed by atoms with Gasteiger partial charge in [0.1, 0.15) is 23.5 Å². The number of hydrogen-bond acceptors (Lipinski definition) is 13. The van der Waals surface area contributed by atoms with Crippen LogP contribution in [0.1, 0.15) is 108 Å². The zero-order chi connectivity index (χ0) is 45.2. The average Bonchev–Trinajstić information content (AvgIpc) is 3.95. The van der Waals surface area contributed by atoms with Gasteiger partial charge in [-0.2, -0.15) is 13.2 Å². The van der Waals surface area contributed by atoms with Gasteiger partial charge < -0.3 is 30.7 Å². The normalized spacial score (nSPS) is 17.3. The Morgan fingerprint density at radius 3 is 2.51 bits per heavy atom. The smallest absolute Gasteiger partial charge is 0.416 e. The summed E-state index contributed by atoms with van der Waals surface area (Å²) >= 11 is 0. The Morgan fingerprint density at radius 2 is 1.79 bits per heavy atom. The minimum absolute atomic E-state index is 0.00343. The number of pyridine rings is 1. The molecule has 4 aromatic rings. The highest BCUT2D eigenvalue weighted by Crippen LogP contribution is 2.47. The van der Waals surface area contributed by atoms with Crippen LogP contribution >= 0.6 is 0 Å². The number of anilines is 3. The number of hydrogen-bond donors (Lipinski definition) is 4. The van der Waals surface area contributed by atoms with Crippen molar-refractivity contribution in [2.75, 3.05) is 50.2 Å². The summed E-state index contributed by atoms with van der Waals surface area (Å²) in [5.41, 5.74) is 5.91. The van der Waals surface area contributed by atoms with Crippen LogP contribution in [0.25, 0.3) is 10.9 Å². The van der Waals surface area contributed by atoms with E-state index in [1.807, 2.05) is 0 Å². The Hall–Kier alpha value is -6.53. The van der Waals surface area contributed by atoms with Crippen molar-refractivity contribution in [2.45, 2.75) is 89.9 Å². The van der Waals surface area contributed by atoms with Crippen LogP contribution in [0.4, 0.5) is 30.5 Å². The second kappa shape index (κ2) is 18.1. The van der Waals surface area contributed by atoms with Gasteiger partial charge in [-0.15, -0.1) is 0 Å². The van der Waals surface area contributed by atoms with E-state index >= 15 is 0 Å². The third-order valence-electron chi connectivity index (χ3n) is 11.7. The maximum Gasteiger partial charge on any atom is 0.416 e. The van der Waals surface area contributed by atoms with Gasteiger partial charge in [0.2, 0.25) is 17.7 Å². The Bertz CT molecular complexity index is 2460. The number of nitrogen functional groups attached to an aromatic ring is 1. The number of benzene rings is 2. The van der Waals surface area contributed by atoms with Crippen LogP contribution in [0.5, 0.6) is 11.5 Å². The van der Waals surface area contributed by atoms with E-state index in [0.29, 0.717) is 72.1 Å². The van der Waals surface area contributed by atoms with Gasteiger partial charge in [-0.25, -0.2) is 15.0 Å². The Kier molecular flexibility index (Phi) is 12.8. The Morgan fingerprint density at radius 1 is 1.03 bits per heavy atom. The molecule has 1 saturated heterocycles. The summed E-state index contributed by atoms with van der Waals surface area (Å²) < 4.78 is 52.7. The summed E-state index contributed by atoms with van der Waals surface area (Å²) in [6.45, 7) is 4.74. The number of amides is 5. The summed E-state index contributed by atoms with van der Waals surface area (Å²) in [6, 6.07) is 6.74. The minimum atomic E-state index is -4.55. The van der Waals surface area contributed by atoms with Crippen LogP contribution in [0, 0.1) is 12.3 Å². The van der Waals surface area contributed by atoms with Crippen molar-refractivity contribution in [3.63, 3.8) is 0 Å². The van der Waals surface area contributed by atoms with Crippen LogP contribution < -0.4 is 31.2 Å². The predicted octanol–water partition coefficient (Wildman–Crippen LogP) is 6.20. The van der Waals surface area contributed by atoms with E-state index in [1.165, 1.54) is 25.4 Å². The summed E-state index contributed by atoms with van der Waals surface area (Å²) in [5, 5.41) is 9.16. The number of imide groups is 2. The minimum Gasteiger partial charge on any atom is -0.493 e. The molecular weight excluding hydrogens is 824 g/mol. The number of methoxy groups -OCH3 is 1. The molecule has 7 rings (SSSR count). The zero-order valence-electron chi connectivity index (χ0n) is 35.5. The van der Waals surface area contributed by atoms with Crippen LogP contribution in [0.3, 0.4) is 0 Å². The molecule has 2 aromatic heterocycles. The molecule has 1 aliphatic carbocycles. The molecule has 2 atom stereocenters. The molecule has 0 bridgehead atoms. The highest BCUT2D eigenvalue weighted by Gasteiger charge is 2.47. The number of halogens is 3. The zero-order valence-corrected chi connectivity index (χ0v) is 35.5. The summed E-state index contributed by atoms with van der Waals surface area (Å²) in [5.74, 6) is -0.314. The van der Waals surface area contributed by atoms with Crippen LogP contribution in [0.15, 0.2) is 42.6 Å². The van der Waals surface area contributed by atoms with Crippen LogP contribution in [-0.2, 0) is 20.6 Å². The van der Waals surface area contributed by atoms with E-state index in [1.54, 1.807) is 37.9 Å². The fraction of sp³-hybridized carbons (Fsp3) is 0.455. The molecule has 63 heavy (non-hydrogen) atoms. The van der Waals surface area contributed by atoms with E-state index in [0.717, 1.165) is 49.1 Å².